The van der Waals surface area contributed by atoms with Gasteiger partial charge in [-0.2, -0.15) is 83.1 Å². The molecule has 0 aliphatic rings. The first-order valence-electron chi connectivity index (χ1n) is 6.44. The third kappa shape index (κ3) is 5.08. The third-order valence-electron chi connectivity index (χ3n) is 2.87. The van der Waals surface area contributed by atoms with Crippen molar-refractivity contribution in [1.82, 2.24) is 0 Å². The lowest BCUT2D eigenvalue weighted by atomic mass is 10.1. The van der Waals surface area contributed by atoms with Crippen molar-refractivity contribution in [2.24, 2.45) is 0 Å². The zero-order valence-corrected chi connectivity index (χ0v) is 14.4. The normalized spacial score (nSPS) is 17.9. The van der Waals surface area contributed by atoms with Crippen LogP contribution in [0.5, 0.6) is 0 Å². The van der Waals surface area contributed by atoms with Crippen molar-refractivity contribution in [3.8, 4) is 0 Å². The maximum Gasteiger partial charge on any atom is 0.458 e. The van der Waals surface area contributed by atoms with E-state index in [4.69, 9.17) is 4.55 Å². The molecule has 0 aromatic heterocycles. The summed E-state index contributed by atoms with van der Waals surface area (Å²) < 4.78 is 248. The molecule has 0 aromatic carbocycles. The number of rotatable bonds is 9. The fourth-order valence-corrected chi connectivity index (χ4v) is 1.77. The van der Waals surface area contributed by atoms with Crippen LogP contribution in [-0.2, 0) is 19.6 Å². The molecule has 1 unspecified atom stereocenters. The smallest absolute Gasteiger partial charge is 0.306 e. The topological polar surface area (TPSA) is 72.8 Å². The predicted octanol–water partition coefficient (Wildman–Crippen LogP) is 4.75. The molecule has 0 saturated carbocycles. The fraction of sp³-hybridized carbons (Fsp3) is 1.00. The van der Waals surface area contributed by atoms with Crippen LogP contribution in [0.15, 0.2) is 0 Å². The molecule has 1 N–H and O–H groups in total. The van der Waals surface area contributed by atoms with Crippen molar-refractivity contribution in [2.75, 3.05) is 6.61 Å². The van der Waals surface area contributed by atoms with E-state index < -0.39 is 64.2 Å². The van der Waals surface area contributed by atoms with Gasteiger partial charge < -0.3 is 4.74 Å². The predicted molar refractivity (Wildman–Crippen MR) is 59.3 cm³/mol. The highest BCUT2D eigenvalue weighted by atomic mass is 32.2. The third-order valence-corrected chi connectivity index (χ3v) is 3.78. The van der Waals surface area contributed by atoms with Crippen LogP contribution in [0.25, 0.3) is 0 Å². The fourth-order valence-electron chi connectivity index (χ4n) is 1.32. The molecule has 0 radical (unpaired) electrons. The molecular formula is C9H3F17O5S. The lowest BCUT2D eigenvalue weighted by Crippen LogP contribution is -2.69. The molecule has 32 heavy (non-hydrogen) atoms. The van der Waals surface area contributed by atoms with Crippen molar-refractivity contribution in [1.29, 1.82) is 0 Å². The van der Waals surface area contributed by atoms with Gasteiger partial charge in [0, 0.05) is 0 Å². The van der Waals surface area contributed by atoms with Gasteiger partial charge in [0.15, 0.2) is 0 Å². The van der Waals surface area contributed by atoms with Gasteiger partial charge in [0.25, 0.3) is 0 Å². The van der Waals surface area contributed by atoms with Crippen LogP contribution in [-0.4, -0.2) is 67.1 Å². The Balaban J connectivity index is 6.60. The Kier molecular flexibility index (Phi) is 7.52. The summed E-state index contributed by atoms with van der Waals surface area (Å²) in [6.07, 6.45) is -29.5. The van der Waals surface area contributed by atoms with Crippen LogP contribution >= 0.6 is 0 Å². The van der Waals surface area contributed by atoms with Crippen LogP contribution < -0.4 is 0 Å². The number of hydrogen-bond donors (Lipinski definition) is 1. The van der Waals surface area contributed by atoms with E-state index in [1.54, 1.807) is 0 Å². The Bertz CT molecular complexity index is 783. The van der Waals surface area contributed by atoms with Crippen molar-refractivity contribution in [3.63, 3.8) is 0 Å². The molecule has 1 atom stereocenters. The Hall–Kier alpha value is -1.36. The second-order valence-corrected chi connectivity index (χ2v) is 6.74. The maximum absolute atomic E-state index is 13.6. The summed E-state index contributed by atoms with van der Waals surface area (Å²) in [6, 6.07) is 0. The first-order chi connectivity index (χ1) is 13.4. The van der Waals surface area contributed by atoms with E-state index in [0.29, 0.717) is 0 Å². The van der Waals surface area contributed by atoms with E-state index in [0.717, 1.165) is 0 Å². The highest BCUT2D eigenvalue weighted by Gasteiger charge is 2.88. The maximum atomic E-state index is 13.6. The summed E-state index contributed by atoms with van der Waals surface area (Å²) in [5.41, 5.74) is 0. The second kappa shape index (κ2) is 7.85. The molecule has 0 amide bonds. The van der Waals surface area contributed by atoms with Gasteiger partial charge >= 0.3 is 57.6 Å². The Morgan fingerprint density at radius 1 is 0.625 bits per heavy atom. The van der Waals surface area contributed by atoms with Crippen LogP contribution in [0.4, 0.5) is 74.6 Å². The van der Waals surface area contributed by atoms with E-state index in [1.165, 1.54) is 4.74 Å². The summed E-state index contributed by atoms with van der Waals surface area (Å²) in [6.45, 7) is -3.61. The SMILES string of the molecule is O=S(=O)(O)C(F)(F)C(F)(F)C(F)(F)C(F)(F)OC(F)(C(F)(F)F)C(F)(F)OCC(F)(F)F. The molecule has 0 aromatic rings. The van der Waals surface area contributed by atoms with Gasteiger partial charge in [-0.15, -0.1) is 0 Å². The quantitative estimate of drug-likeness (QED) is 0.334. The van der Waals surface area contributed by atoms with Crippen LogP contribution in [0, 0.1) is 0 Å². The molecule has 0 bridgehead atoms. The van der Waals surface area contributed by atoms with E-state index in [9.17, 15) is 83.1 Å². The van der Waals surface area contributed by atoms with E-state index in [1.807, 2.05) is 4.74 Å². The van der Waals surface area contributed by atoms with Crippen molar-refractivity contribution >= 4 is 10.1 Å². The molecule has 5 nitrogen and oxygen atoms in total. The van der Waals surface area contributed by atoms with Crippen molar-refractivity contribution in [2.45, 2.75) is 47.5 Å². The monoisotopic (exact) mass is 546 g/mol. The van der Waals surface area contributed by atoms with Gasteiger partial charge in [0.05, 0.1) is 0 Å². The van der Waals surface area contributed by atoms with E-state index >= 15 is 0 Å². The van der Waals surface area contributed by atoms with Crippen LogP contribution in [0.2, 0.25) is 0 Å². The highest BCUT2D eigenvalue weighted by Crippen LogP contribution is 2.58. The first-order valence-corrected chi connectivity index (χ1v) is 7.88. The lowest BCUT2D eigenvalue weighted by molar-refractivity contribution is -0.533. The van der Waals surface area contributed by atoms with Crippen LogP contribution in [0.1, 0.15) is 0 Å². The average Bonchev–Trinajstić information content (AvgIpc) is 2.49. The van der Waals surface area contributed by atoms with E-state index in [-0.39, 0.29) is 0 Å². The highest BCUT2D eigenvalue weighted by molar-refractivity contribution is 7.87. The standard InChI is InChI=1S/C9H3F17O5S/c10-2(11,12)1-30-8(23,24)5(17,6(18,19)20)31-7(21,22)3(13,14)4(15,16)9(25,26)32(27,28)29/h1H2,(H,27,28,29). The molecule has 0 rings (SSSR count). The van der Waals surface area contributed by atoms with Gasteiger partial charge in [-0.1, -0.05) is 0 Å². The minimum absolute atomic E-state index is 1.27. The van der Waals surface area contributed by atoms with E-state index in [2.05, 4.69) is 0 Å². The van der Waals surface area contributed by atoms with Gasteiger partial charge in [0.1, 0.15) is 6.61 Å². The molecule has 0 aliphatic carbocycles. The number of ether oxygens (including phenoxy) is 2. The summed E-state index contributed by atoms with van der Waals surface area (Å²) >= 11 is 0. The van der Waals surface area contributed by atoms with Gasteiger partial charge in [-0.05, 0) is 0 Å². The Labute approximate surface area is 162 Å². The number of halogens is 17. The molecule has 0 spiro atoms. The zero-order chi connectivity index (χ0) is 26.6. The summed E-state index contributed by atoms with van der Waals surface area (Å²) in [5, 5.41) is -7.69. The minimum atomic E-state index is -8.37. The Morgan fingerprint density at radius 3 is 1.28 bits per heavy atom. The zero-order valence-electron chi connectivity index (χ0n) is 13.6. The van der Waals surface area contributed by atoms with Gasteiger partial charge in [0.2, 0.25) is 0 Å². The number of hydrogen-bond acceptors (Lipinski definition) is 4. The van der Waals surface area contributed by atoms with Gasteiger partial charge in [-0.3, -0.25) is 9.29 Å². The molecule has 23 heteroatoms. The minimum Gasteiger partial charge on any atom is -0.306 e. The first kappa shape index (κ1) is 30.6. The second-order valence-electron chi connectivity index (χ2n) is 5.27. The molecule has 0 saturated heterocycles. The number of alkyl halides is 17. The summed E-state index contributed by atoms with van der Waals surface area (Å²) in [5.74, 6) is -24.4. The average molecular weight is 546 g/mol. The molecule has 194 valence electrons. The van der Waals surface area contributed by atoms with Gasteiger partial charge in [-0.25, -0.2) is 0 Å². The molecule has 0 aliphatic heterocycles. The molecule has 0 heterocycles. The Morgan fingerprint density at radius 2 is 1.00 bits per heavy atom. The summed E-state index contributed by atoms with van der Waals surface area (Å²) in [7, 11) is -7.79. The van der Waals surface area contributed by atoms with Crippen LogP contribution in [0.3, 0.4) is 0 Å². The van der Waals surface area contributed by atoms with Crippen molar-refractivity contribution in [3.05, 3.63) is 0 Å². The summed E-state index contributed by atoms with van der Waals surface area (Å²) in [4.78, 5) is 0. The van der Waals surface area contributed by atoms with Crippen molar-refractivity contribution < 1.29 is 97.1 Å². The largest absolute Gasteiger partial charge is 0.458 e. The molecular weight excluding hydrogens is 543 g/mol. The lowest BCUT2D eigenvalue weighted by Gasteiger charge is -2.40. The molecule has 0 fully saturated rings.